The van der Waals surface area contributed by atoms with E-state index >= 15 is 0 Å². The van der Waals surface area contributed by atoms with E-state index in [2.05, 4.69) is 0 Å². The maximum Gasteiger partial charge on any atom is 0.330 e. The fourth-order valence-corrected chi connectivity index (χ4v) is 3.60. The van der Waals surface area contributed by atoms with Gasteiger partial charge in [0.15, 0.2) is 0 Å². The molecule has 0 unspecified atom stereocenters. The van der Waals surface area contributed by atoms with Crippen molar-refractivity contribution in [3.8, 4) is 17.6 Å². The van der Waals surface area contributed by atoms with Crippen molar-refractivity contribution >= 4 is 15.9 Å². The van der Waals surface area contributed by atoms with Crippen LogP contribution in [0.4, 0.5) is 5.69 Å². The van der Waals surface area contributed by atoms with Crippen molar-refractivity contribution in [1.29, 1.82) is 5.26 Å². The van der Waals surface area contributed by atoms with Crippen LogP contribution in [0, 0.1) is 11.3 Å². The third-order valence-corrected chi connectivity index (χ3v) is 4.93. The molecule has 0 aliphatic carbocycles. The second kappa shape index (κ2) is 5.92. The van der Waals surface area contributed by atoms with E-state index < -0.39 is 16.1 Å². The number of nitriles is 1. The number of phenolic OH excluding ortho intramolecular Hbond substituents is 2. The van der Waals surface area contributed by atoms with E-state index in [1.165, 1.54) is 18.2 Å². The molecule has 0 spiro atoms. The van der Waals surface area contributed by atoms with Gasteiger partial charge in [-0.1, -0.05) is 18.2 Å². The van der Waals surface area contributed by atoms with Gasteiger partial charge < -0.3 is 15.3 Å². The zero-order valence-corrected chi connectivity index (χ0v) is 13.5. The maximum absolute atomic E-state index is 11.8. The zero-order chi connectivity index (χ0) is 18.2. The largest absolute Gasteiger partial charge is 0.507 e. The van der Waals surface area contributed by atoms with Crippen LogP contribution in [0.3, 0.4) is 0 Å². The zero-order valence-electron chi connectivity index (χ0n) is 12.7. The van der Waals surface area contributed by atoms with Crippen LogP contribution < -0.4 is 9.03 Å². The molecule has 0 amide bonds. The average molecular weight is 359 g/mol. The first kappa shape index (κ1) is 16.5. The normalized spacial score (nSPS) is 15.3. The number of hydrogen-bond donors (Lipinski definition) is 4. The number of aliphatic hydroxyl groups excluding tert-OH is 1. The Morgan fingerprint density at radius 1 is 1.12 bits per heavy atom. The molecular weight excluding hydrogens is 346 g/mol. The average Bonchev–Trinajstić information content (AvgIpc) is 2.80. The number of aromatic hydroxyl groups is 2. The lowest BCUT2D eigenvalue weighted by atomic mass is 9.99. The quantitative estimate of drug-likeness (QED) is 0.657. The summed E-state index contributed by atoms with van der Waals surface area (Å²) in [5, 5.41) is 38.3. The predicted octanol–water partition coefficient (Wildman–Crippen LogP) is 1.57. The van der Waals surface area contributed by atoms with Crippen LogP contribution >= 0.6 is 0 Å². The Labute approximate surface area is 143 Å². The highest BCUT2D eigenvalue weighted by Gasteiger charge is 2.30. The molecule has 3 rings (SSSR count). The molecule has 0 bridgehead atoms. The number of phenols is 2. The Morgan fingerprint density at radius 3 is 2.48 bits per heavy atom. The molecule has 0 atom stereocenters. The van der Waals surface area contributed by atoms with Gasteiger partial charge in [0.25, 0.3) is 0 Å². The summed E-state index contributed by atoms with van der Waals surface area (Å²) in [6, 6.07) is 10.9. The van der Waals surface area contributed by atoms with Crippen LogP contribution in [0.2, 0.25) is 0 Å². The maximum atomic E-state index is 11.8. The summed E-state index contributed by atoms with van der Waals surface area (Å²) in [4.78, 5) is 0. The first-order valence-corrected chi connectivity index (χ1v) is 8.51. The van der Waals surface area contributed by atoms with Gasteiger partial charge >= 0.3 is 10.2 Å². The van der Waals surface area contributed by atoms with Crippen molar-refractivity contribution < 1.29 is 23.7 Å². The van der Waals surface area contributed by atoms with E-state index in [0.29, 0.717) is 11.1 Å². The molecule has 1 aliphatic rings. The van der Waals surface area contributed by atoms with Gasteiger partial charge in [0, 0.05) is 0 Å². The number of rotatable bonds is 3. The van der Waals surface area contributed by atoms with E-state index in [9.17, 15) is 23.7 Å². The Balaban J connectivity index is 1.94. The summed E-state index contributed by atoms with van der Waals surface area (Å²) in [7, 11) is -4.00. The predicted molar refractivity (Wildman–Crippen MR) is 89.0 cm³/mol. The lowest BCUT2D eigenvalue weighted by Crippen LogP contribution is -2.29. The highest BCUT2D eigenvalue weighted by molar-refractivity contribution is 7.91. The highest BCUT2D eigenvalue weighted by atomic mass is 32.2. The summed E-state index contributed by atoms with van der Waals surface area (Å²) in [6.45, 7) is 0. The van der Waals surface area contributed by atoms with Crippen LogP contribution in [-0.2, 0) is 16.6 Å². The third kappa shape index (κ3) is 3.02. The lowest BCUT2D eigenvalue weighted by molar-refractivity contribution is 0.392. The molecule has 0 fully saturated rings. The molecule has 9 heteroatoms. The minimum Gasteiger partial charge on any atom is -0.507 e. The topological polar surface area (TPSA) is 134 Å². The molecule has 0 aromatic heterocycles. The summed E-state index contributed by atoms with van der Waals surface area (Å²) < 4.78 is 26.3. The summed E-state index contributed by atoms with van der Waals surface area (Å²) in [5.74, 6) is -0.995. The minimum atomic E-state index is -4.00. The van der Waals surface area contributed by atoms with Crippen molar-refractivity contribution in [1.82, 2.24) is 4.72 Å². The van der Waals surface area contributed by atoms with Gasteiger partial charge in [-0.05, 0) is 35.7 Å². The molecule has 2 aromatic carbocycles. The second-order valence-electron chi connectivity index (χ2n) is 5.34. The van der Waals surface area contributed by atoms with E-state index in [-0.39, 0.29) is 29.2 Å². The van der Waals surface area contributed by atoms with E-state index in [4.69, 9.17) is 5.26 Å². The molecule has 128 valence electrons. The Bertz CT molecular complexity index is 1020. The van der Waals surface area contributed by atoms with Crippen molar-refractivity contribution in [3.05, 3.63) is 65.2 Å². The molecule has 1 heterocycles. The van der Waals surface area contributed by atoms with Gasteiger partial charge in [0.05, 0.1) is 11.8 Å². The monoisotopic (exact) mass is 359 g/mol. The number of anilines is 1. The van der Waals surface area contributed by atoms with Crippen LogP contribution in [0.25, 0.3) is 0 Å². The highest BCUT2D eigenvalue weighted by Crippen LogP contribution is 2.33. The summed E-state index contributed by atoms with van der Waals surface area (Å²) in [6.07, 6.45) is 1.20. The number of benzene rings is 2. The van der Waals surface area contributed by atoms with E-state index in [1.807, 2.05) is 10.8 Å². The van der Waals surface area contributed by atoms with Crippen molar-refractivity contribution in [2.45, 2.75) is 6.42 Å². The Morgan fingerprint density at radius 2 is 1.88 bits per heavy atom. The first-order valence-electron chi connectivity index (χ1n) is 7.07. The molecule has 25 heavy (non-hydrogen) atoms. The van der Waals surface area contributed by atoms with Gasteiger partial charge in [-0.2, -0.15) is 13.7 Å². The Hall–Kier alpha value is -3.38. The van der Waals surface area contributed by atoms with Crippen LogP contribution in [-0.4, -0.2) is 23.7 Å². The standard InChI is InChI=1S/C16H13N3O5S/c17-8-12-11(2-1-3-14(12)20)6-10-4-5-13(15(21)7-10)19-9-16(22)18-25(19,23)24/h1-5,7,9,18,20-22H,6H2. The molecule has 0 radical (unpaired) electrons. The van der Waals surface area contributed by atoms with Gasteiger partial charge in [0.2, 0.25) is 5.88 Å². The van der Waals surface area contributed by atoms with E-state index in [1.54, 1.807) is 18.2 Å². The molecule has 8 nitrogen and oxygen atoms in total. The molecular formula is C16H13N3O5S. The van der Waals surface area contributed by atoms with Gasteiger partial charge in [-0.25, -0.2) is 9.03 Å². The van der Waals surface area contributed by atoms with Crippen molar-refractivity contribution in [2.24, 2.45) is 0 Å². The SMILES string of the molecule is N#Cc1c(O)cccc1Cc1ccc(N2C=C(O)NS2(=O)=O)c(O)c1. The first-order chi connectivity index (χ1) is 11.8. The molecule has 2 aromatic rings. The minimum absolute atomic E-state index is 0.0308. The lowest BCUT2D eigenvalue weighted by Gasteiger charge is -2.16. The number of nitrogens with one attached hydrogen (secondary N) is 1. The number of hydrogen-bond acceptors (Lipinski definition) is 6. The number of nitrogens with zero attached hydrogens (tertiary/aromatic N) is 2. The second-order valence-corrected chi connectivity index (χ2v) is 6.89. The number of aliphatic hydroxyl groups is 1. The molecule has 0 saturated carbocycles. The molecule has 0 saturated heterocycles. The van der Waals surface area contributed by atoms with Crippen molar-refractivity contribution in [2.75, 3.05) is 4.31 Å². The summed E-state index contributed by atoms with van der Waals surface area (Å²) in [5.41, 5.74) is 1.30. The Kier molecular flexibility index (Phi) is 3.90. The van der Waals surface area contributed by atoms with Gasteiger partial charge in [-0.15, -0.1) is 0 Å². The molecule has 4 N–H and O–H groups in total. The van der Waals surface area contributed by atoms with E-state index in [0.717, 1.165) is 10.5 Å². The van der Waals surface area contributed by atoms with Gasteiger partial charge in [0.1, 0.15) is 23.3 Å². The van der Waals surface area contributed by atoms with Crippen LogP contribution in [0.1, 0.15) is 16.7 Å². The third-order valence-electron chi connectivity index (χ3n) is 3.64. The summed E-state index contributed by atoms with van der Waals surface area (Å²) >= 11 is 0. The smallest absolute Gasteiger partial charge is 0.330 e. The molecule has 1 aliphatic heterocycles. The van der Waals surface area contributed by atoms with Crippen molar-refractivity contribution in [3.63, 3.8) is 0 Å². The van der Waals surface area contributed by atoms with Crippen LogP contribution in [0.15, 0.2) is 48.5 Å². The van der Waals surface area contributed by atoms with Crippen LogP contribution in [0.5, 0.6) is 11.5 Å². The fourth-order valence-electron chi connectivity index (χ4n) is 2.54. The van der Waals surface area contributed by atoms with Gasteiger partial charge in [-0.3, -0.25) is 0 Å². The fraction of sp³-hybridized carbons (Fsp3) is 0.0625.